The summed E-state index contributed by atoms with van der Waals surface area (Å²) in [6.07, 6.45) is 0.395. The van der Waals surface area contributed by atoms with E-state index < -0.39 is 11.7 Å². The molecule has 0 amide bonds. The lowest BCUT2D eigenvalue weighted by Gasteiger charge is -2.08. The molecule has 0 aliphatic heterocycles. The molecule has 1 aromatic heterocycles. The van der Waals surface area contributed by atoms with Crippen LogP contribution in [0.15, 0.2) is 42.7 Å². The molecule has 0 saturated heterocycles. The maximum absolute atomic E-state index is 12.5. The predicted octanol–water partition coefficient (Wildman–Crippen LogP) is 3.97. The third-order valence-electron chi connectivity index (χ3n) is 3.29. The van der Waals surface area contributed by atoms with Crippen LogP contribution in [0.5, 0.6) is 0 Å². The number of nitrogens with zero attached hydrogens (tertiary/aromatic N) is 1. The normalized spacial score (nSPS) is 13.4. The first kappa shape index (κ1) is 14.7. The molecule has 5 heteroatoms. The lowest BCUT2D eigenvalue weighted by molar-refractivity contribution is -0.137. The van der Waals surface area contributed by atoms with Crippen LogP contribution >= 0.6 is 0 Å². The fourth-order valence-electron chi connectivity index (χ4n) is 2.02. The van der Waals surface area contributed by atoms with Gasteiger partial charge >= 0.3 is 6.18 Å². The molecule has 0 aliphatic rings. The van der Waals surface area contributed by atoms with Crippen molar-refractivity contribution in [3.63, 3.8) is 0 Å². The van der Waals surface area contributed by atoms with Crippen LogP contribution in [-0.4, -0.2) is 4.57 Å². The first-order valence-corrected chi connectivity index (χ1v) is 6.47. The van der Waals surface area contributed by atoms with E-state index in [2.05, 4.69) is 0 Å². The summed E-state index contributed by atoms with van der Waals surface area (Å²) in [6.45, 7) is 2.55. The van der Waals surface area contributed by atoms with Gasteiger partial charge < -0.3 is 10.3 Å². The first-order chi connectivity index (χ1) is 9.40. The molecule has 2 aromatic rings. The van der Waals surface area contributed by atoms with Crippen molar-refractivity contribution in [3.8, 4) is 0 Å². The van der Waals surface area contributed by atoms with E-state index in [-0.39, 0.29) is 6.04 Å². The Morgan fingerprint density at radius 2 is 1.80 bits per heavy atom. The standard InChI is InChI=1S/C15H17F3N2/c1-2-14(19)12-7-8-20(10-12)9-11-3-5-13(6-4-11)15(16,17)18/h3-8,10,14H,2,9,19H2,1H3. The summed E-state index contributed by atoms with van der Waals surface area (Å²) >= 11 is 0. The summed E-state index contributed by atoms with van der Waals surface area (Å²) in [5.41, 5.74) is 7.17. The van der Waals surface area contributed by atoms with Crippen molar-refractivity contribution in [3.05, 3.63) is 59.4 Å². The van der Waals surface area contributed by atoms with Gasteiger partial charge in [-0.05, 0) is 35.7 Å². The summed E-state index contributed by atoms with van der Waals surface area (Å²) in [5.74, 6) is 0. The zero-order valence-corrected chi connectivity index (χ0v) is 11.2. The van der Waals surface area contributed by atoms with Gasteiger partial charge in [-0.1, -0.05) is 19.1 Å². The lowest BCUT2D eigenvalue weighted by Crippen LogP contribution is -2.07. The van der Waals surface area contributed by atoms with Crippen LogP contribution in [0.25, 0.3) is 0 Å². The molecule has 0 saturated carbocycles. The van der Waals surface area contributed by atoms with Crippen LogP contribution in [0.3, 0.4) is 0 Å². The van der Waals surface area contributed by atoms with Gasteiger partial charge in [0.05, 0.1) is 5.56 Å². The first-order valence-electron chi connectivity index (χ1n) is 6.47. The molecule has 20 heavy (non-hydrogen) atoms. The summed E-state index contributed by atoms with van der Waals surface area (Å²) in [7, 11) is 0. The Hall–Kier alpha value is -1.75. The van der Waals surface area contributed by atoms with Crippen molar-refractivity contribution in [1.29, 1.82) is 0 Å². The van der Waals surface area contributed by atoms with Gasteiger partial charge in [-0.15, -0.1) is 0 Å². The number of halogens is 3. The smallest absolute Gasteiger partial charge is 0.350 e. The highest BCUT2D eigenvalue weighted by atomic mass is 19.4. The van der Waals surface area contributed by atoms with Gasteiger partial charge in [-0.2, -0.15) is 13.2 Å². The number of benzene rings is 1. The van der Waals surface area contributed by atoms with Gasteiger partial charge in [-0.25, -0.2) is 0 Å². The molecule has 0 fully saturated rings. The Kier molecular flexibility index (Phi) is 4.18. The van der Waals surface area contributed by atoms with E-state index >= 15 is 0 Å². The number of alkyl halides is 3. The molecule has 1 atom stereocenters. The molecular formula is C15H17F3N2. The van der Waals surface area contributed by atoms with Gasteiger partial charge in [0.25, 0.3) is 0 Å². The third-order valence-corrected chi connectivity index (χ3v) is 3.29. The zero-order valence-electron chi connectivity index (χ0n) is 11.2. The van der Waals surface area contributed by atoms with Crippen LogP contribution < -0.4 is 5.73 Å². The maximum Gasteiger partial charge on any atom is 0.416 e. The minimum Gasteiger partial charge on any atom is -0.350 e. The second-order valence-electron chi connectivity index (χ2n) is 4.83. The molecule has 0 bridgehead atoms. The Morgan fingerprint density at radius 1 is 1.15 bits per heavy atom. The van der Waals surface area contributed by atoms with Crippen LogP contribution in [0.4, 0.5) is 13.2 Å². The van der Waals surface area contributed by atoms with Gasteiger partial charge in [0.15, 0.2) is 0 Å². The van der Waals surface area contributed by atoms with Gasteiger partial charge in [0, 0.05) is 25.0 Å². The van der Waals surface area contributed by atoms with E-state index in [1.54, 1.807) is 0 Å². The molecule has 108 valence electrons. The Balaban J connectivity index is 2.08. The third kappa shape index (κ3) is 3.42. The molecule has 2 rings (SSSR count). The lowest BCUT2D eigenvalue weighted by atomic mass is 10.1. The summed E-state index contributed by atoms with van der Waals surface area (Å²) in [6, 6.07) is 7.17. The topological polar surface area (TPSA) is 30.9 Å². The molecule has 1 unspecified atom stereocenters. The van der Waals surface area contributed by atoms with Crippen molar-refractivity contribution in [2.75, 3.05) is 0 Å². The molecule has 1 heterocycles. The van der Waals surface area contributed by atoms with Gasteiger partial charge in [-0.3, -0.25) is 0 Å². The minimum absolute atomic E-state index is 0.00357. The van der Waals surface area contributed by atoms with E-state index in [0.717, 1.165) is 29.7 Å². The number of rotatable bonds is 4. The summed E-state index contributed by atoms with van der Waals surface area (Å²) in [5, 5.41) is 0. The van der Waals surface area contributed by atoms with E-state index in [0.29, 0.717) is 6.54 Å². The average Bonchev–Trinajstić information content (AvgIpc) is 2.86. The molecule has 2 N–H and O–H groups in total. The highest BCUT2D eigenvalue weighted by Gasteiger charge is 2.29. The Morgan fingerprint density at radius 3 is 2.35 bits per heavy atom. The van der Waals surface area contributed by atoms with Crippen molar-refractivity contribution in [2.24, 2.45) is 5.73 Å². The van der Waals surface area contributed by atoms with Crippen molar-refractivity contribution >= 4 is 0 Å². The van der Waals surface area contributed by atoms with Crippen LogP contribution in [0.1, 0.15) is 36.1 Å². The van der Waals surface area contributed by atoms with Crippen molar-refractivity contribution in [2.45, 2.75) is 32.1 Å². The number of nitrogens with two attached hydrogens (primary N) is 1. The van der Waals surface area contributed by atoms with E-state index in [1.165, 1.54) is 12.1 Å². The maximum atomic E-state index is 12.5. The second-order valence-corrected chi connectivity index (χ2v) is 4.83. The fraction of sp³-hybridized carbons (Fsp3) is 0.333. The van der Waals surface area contributed by atoms with Crippen LogP contribution in [0, 0.1) is 0 Å². The van der Waals surface area contributed by atoms with E-state index in [9.17, 15) is 13.2 Å². The van der Waals surface area contributed by atoms with Gasteiger partial charge in [0.2, 0.25) is 0 Å². The van der Waals surface area contributed by atoms with Crippen molar-refractivity contribution < 1.29 is 13.2 Å². The van der Waals surface area contributed by atoms with E-state index in [4.69, 9.17) is 5.73 Å². The monoisotopic (exact) mass is 282 g/mol. The number of hydrogen-bond acceptors (Lipinski definition) is 1. The fourth-order valence-corrected chi connectivity index (χ4v) is 2.02. The quantitative estimate of drug-likeness (QED) is 0.904. The zero-order chi connectivity index (χ0) is 14.8. The molecule has 1 aromatic carbocycles. The Bertz CT molecular complexity index is 555. The van der Waals surface area contributed by atoms with E-state index in [1.807, 2.05) is 30.0 Å². The molecule has 0 spiro atoms. The molecule has 0 aliphatic carbocycles. The molecular weight excluding hydrogens is 265 g/mol. The van der Waals surface area contributed by atoms with Gasteiger partial charge in [0.1, 0.15) is 0 Å². The van der Waals surface area contributed by atoms with Crippen molar-refractivity contribution in [1.82, 2.24) is 4.57 Å². The summed E-state index contributed by atoms with van der Waals surface area (Å²) < 4.78 is 39.3. The summed E-state index contributed by atoms with van der Waals surface area (Å²) in [4.78, 5) is 0. The molecule has 0 radical (unpaired) electrons. The largest absolute Gasteiger partial charge is 0.416 e. The average molecular weight is 282 g/mol. The highest BCUT2D eigenvalue weighted by Crippen LogP contribution is 2.29. The Labute approximate surface area is 116 Å². The highest BCUT2D eigenvalue weighted by molar-refractivity contribution is 5.25. The molecule has 2 nitrogen and oxygen atoms in total. The SMILES string of the molecule is CCC(N)c1ccn(Cc2ccc(C(F)(F)F)cc2)c1. The number of aromatic nitrogens is 1. The second kappa shape index (κ2) is 5.71. The van der Waals surface area contributed by atoms with Crippen LogP contribution in [-0.2, 0) is 12.7 Å². The number of hydrogen-bond donors (Lipinski definition) is 1. The van der Waals surface area contributed by atoms with Crippen LogP contribution in [0.2, 0.25) is 0 Å². The predicted molar refractivity (Wildman–Crippen MR) is 72.2 cm³/mol. The minimum atomic E-state index is -4.28.